The van der Waals surface area contributed by atoms with Gasteiger partial charge in [0.15, 0.2) is 0 Å². The number of hydrogen-bond donors (Lipinski definition) is 0. The second kappa shape index (κ2) is 6.26. The number of aromatic nitrogens is 2. The standard InChI is InChI=1S/C6H10N3.Pr/c7-2-1-4-9-5-3-8-6-9;/h3,5-7H,1-2,4H2;/q-1;+3. The van der Waals surface area contributed by atoms with E-state index in [4.69, 9.17) is 5.73 Å². The van der Waals surface area contributed by atoms with Crippen molar-refractivity contribution in [2.45, 2.75) is 13.0 Å². The van der Waals surface area contributed by atoms with E-state index in [9.17, 15) is 0 Å². The number of hydrogen-bond acceptors (Lipinski definition) is 1. The van der Waals surface area contributed by atoms with Crippen LogP contribution in [0.15, 0.2) is 18.7 Å². The molecule has 10 heavy (non-hydrogen) atoms. The fraction of sp³-hybridized carbons (Fsp3) is 0.500. The summed E-state index contributed by atoms with van der Waals surface area (Å²) in [7, 11) is 0. The third-order valence-electron chi connectivity index (χ3n) is 1.15. The summed E-state index contributed by atoms with van der Waals surface area (Å²) in [5.74, 6) is 0. The fourth-order valence-electron chi connectivity index (χ4n) is 0.681. The van der Waals surface area contributed by atoms with Gasteiger partial charge < -0.3 is 10.3 Å². The minimum atomic E-state index is 0. The van der Waals surface area contributed by atoms with Gasteiger partial charge in [-0.2, -0.15) is 0 Å². The Morgan fingerprint density at radius 2 is 2.30 bits per heavy atom. The summed E-state index contributed by atoms with van der Waals surface area (Å²) < 4.78 is 1.98. The van der Waals surface area contributed by atoms with Gasteiger partial charge in [0.2, 0.25) is 0 Å². The first kappa shape index (κ1) is 10.5. The molecule has 1 aromatic heterocycles. The molecule has 0 atom stereocenters. The van der Waals surface area contributed by atoms with Gasteiger partial charge in [-0.05, 0) is 0 Å². The Balaban J connectivity index is 0.000000810. The van der Waals surface area contributed by atoms with Crippen molar-refractivity contribution in [1.82, 2.24) is 9.55 Å². The quantitative estimate of drug-likeness (QED) is 0.812. The van der Waals surface area contributed by atoms with E-state index < -0.39 is 0 Å². The normalized spacial score (nSPS) is 8.90. The summed E-state index contributed by atoms with van der Waals surface area (Å²) in [5, 5.41) is 0. The Bertz CT molecular complexity index is 150. The van der Waals surface area contributed by atoms with Gasteiger partial charge >= 0.3 is 41.3 Å². The number of rotatable bonds is 3. The Kier molecular flexibility index (Phi) is 6.59. The predicted octanol–water partition coefficient (Wildman–Crippen LogP) is 1.33. The third-order valence-corrected chi connectivity index (χ3v) is 1.15. The smallest absolute Gasteiger partial charge is 0.677 e. The Morgan fingerprint density at radius 3 is 2.80 bits per heavy atom. The minimum Gasteiger partial charge on any atom is -0.677 e. The molecule has 0 aromatic carbocycles. The van der Waals surface area contributed by atoms with Gasteiger partial charge in [0.05, 0.1) is 6.33 Å². The molecule has 4 heteroatoms. The molecule has 0 fully saturated rings. The van der Waals surface area contributed by atoms with Gasteiger partial charge in [0, 0.05) is 18.9 Å². The molecule has 0 radical (unpaired) electrons. The monoisotopic (exact) mass is 265 g/mol. The van der Waals surface area contributed by atoms with Crippen LogP contribution in [-0.4, -0.2) is 16.1 Å². The van der Waals surface area contributed by atoms with E-state index in [2.05, 4.69) is 4.98 Å². The number of nitrogens with zero attached hydrogens (tertiary/aromatic N) is 2. The van der Waals surface area contributed by atoms with E-state index in [1.807, 2.05) is 10.8 Å². The molecule has 0 amide bonds. The van der Waals surface area contributed by atoms with Crippen LogP contribution in [0.2, 0.25) is 0 Å². The molecule has 1 N–H and O–H groups in total. The van der Waals surface area contributed by atoms with Gasteiger partial charge in [-0.1, -0.05) is 6.42 Å². The fourth-order valence-corrected chi connectivity index (χ4v) is 0.681. The maximum absolute atomic E-state index is 6.87. The van der Waals surface area contributed by atoms with E-state index in [-0.39, 0.29) is 41.3 Å². The first-order valence-corrected chi connectivity index (χ1v) is 3.04. The molecule has 0 saturated carbocycles. The average Bonchev–Trinajstić information content (AvgIpc) is 2.34. The van der Waals surface area contributed by atoms with Crippen molar-refractivity contribution in [2.24, 2.45) is 0 Å². The van der Waals surface area contributed by atoms with E-state index in [1.54, 1.807) is 12.5 Å². The topological polar surface area (TPSA) is 41.6 Å². The van der Waals surface area contributed by atoms with Crippen LogP contribution in [0.3, 0.4) is 0 Å². The molecule has 1 aromatic rings. The molecule has 0 bridgehead atoms. The van der Waals surface area contributed by atoms with Gasteiger partial charge in [0.1, 0.15) is 0 Å². The van der Waals surface area contributed by atoms with Crippen LogP contribution in [-0.2, 0) is 6.54 Å². The third kappa shape index (κ3) is 3.64. The molecule has 0 unspecified atom stereocenters. The summed E-state index contributed by atoms with van der Waals surface area (Å²) in [6, 6.07) is 0. The summed E-state index contributed by atoms with van der Waals surface area (Å²) in [6.45, 7) is 1.42. The Labute approximate surface area is 94.0 Å². The van der Waals surface area contributed by atoms with Crippen molar-refractivity contribution in [3.05, 3.63) is 24.5 Å². The van der Waals surface area contributed by atoms with Crippen LogP contribution in [0.5, 0.6) is 0 Å². The van der Waals surface area contributed by atoms with Crippen LogP contribution < -0.4 is 0 Å². The van der Waals surface area contributed by atoms with Crippen molar-refractivity contribution in [2.75, 3.05) is 6.54 Å². The summed E-state index contributed by atoms with van der Waals surface area (Å²) in [6.07, 6.45) is 6.35. The molecule has 0 aliphatic rings. The summed E-state index contributed by atoms with van der Waals surface area (Å²) in [5.41, 5.74) is 6.87. The van der Waals surface area contributed by atoms with Crippen molar-refractivity contribution in [3.63, 3.8) is 0 Å². The zero-order valence-electron chi connectivity index (χ0n) is 5.83. The van der Waals surface area contributed by atoms with E-state index in [0.717, 1.165) is 13.0 Å². The van der Waals surface area contributed by atoms with Gasteiger partial charge in [-0.15, -0.1) is 6.54 Å². The molecular formula is C6H10N3Pr+2. The Morgan fingerprint density at radius 1 is 1.50 bits per heavy atom. The molecular weight excluding hydrogens is 255 g/mol. The van der Waals surface area contributed by atoms with Crippen LogP contribution >= 0.6 is 0 Å². The van der Waals surface area contributed by atoms with Crippen molar-refractivity contribution in [1.29, 1.82) is 0 Å². The predicted molar refractivity (Wildman–Crippen MR) is 36.0 cm³/mol. The molecule has 0 aliphatic heterocycles. The molecule has 0 spiro atoms. The maximum Gasteiger partial charge on any atom is 3.00 e. The molecule has 0 saturated heterocycles. The van der Waals surface area contributed by atoms with Gasteiger partial charge in [-0.25, -0.2) is 4.98 Å². The maximum atomic E-state index is 6.87. The summed E-state index contributed by atoms with van der Waals surface area (Å²) >= 11 is 0. The number of imidazole rings is 1. The van der Waals surface area contributed by atoms with Crippen molar-refractivity contribution < 1.29 is 41.3 Å². The summed E-state index contributed by atoms with van der Waals surface area (Å²) in [4.78, 5) is 3.88. The van der Waals surface area contributed by atoms with E-state index in [0.29, 0.717) is 6.54 Å². The molecule has 50 valence electrons. The first-order chi connectivity index (χ1) is 4.43. The molecule has 1 heterocycles. The van der Waals surface area contributed by atoms with Gasteiger partial charge in [-0.3, -0.25) is 0 Å². The SMILES string of the molecule is [NH-]CCCn1ccnc1.[Pr+3]. The van der Waals surface area contributed by atoms with Gasteiger partial charge in [0.25, 0.3) is 0 Å². The molecule has 3 nitrogen and oxygen atoms in total. The van der Waals surface area contributed by atoms with Crippen LogP contribution in [0, 0.1) is 41.3 Å². The largest absolute Gasteiger partial charge is 3.00 e. The van der Waals surface area contributed by atoms with E-state index >= 15 is 0 Å². The first-order valence-electron chi connectivity index (χ1n) is 3.04. The zero-order chi connectivity index (χ0) is 6.53. The van der Waals surface area contributed by atoms with Crippen molar-refractivity contribution in [3.8, 4) is 0 Å². The average molecular weight is 265 g/mol. The van der Waals surface area contributed by atoms with Crippen molar-refractivity contribution >= 4 is 0 Å². The Hall–Kier alpha value is 0.534. The number of nitrogens with one attached hydrogen (secondary N) is 1. The van der Waals surface area contributed by atoms with Crippen LogP contribution in [0.4, 0.5) is 0 Å². The second-order valence-electron chi connectivity index (χ2n) is 1.90. The molecule has 1 rings (SSSR count). The minimum absolute atomic E-state index is 0. The van der Waals surface area contributed by atoms with Crippen LogP contribution in [0.25, 0.3) is 5.73 Å². The van der Waals surface area contributed by atoms with E-state index in [1.165, 1.54) is 0 Å². The van der Waals surface area contributed by atoms with Crippen LogP contribution in [0.1, 0.15) is 6.42 Å². The molecule has 0 aliphatic carbocycles. The zero-order valence-corrected chi connectivity index (χ0v) is 9.53. The second-order valence-corrected chi connectivity index (χ2v) is 1.90. The number of aryl methyl sites for hydroxylation is 1.